The van der Waals surface area contributed by atoms with Crippen LogP contribution in [0.4, 0.5) is 0 Å². The van der Waals surface area contributed by atoms with Gasteiger partial charge >= 0.3 is 0 Å². The predicted molar refractivity (Wildman–Crippen MR) is 115 cm³/mol. The summed E-state index contributed by atoms with van der Waals surface area (Å²) in [5.74, 6) is 1.59. The quantitative estimate of drug-likeness (QED) is 0.660. The number of likely N-dealkylation sites (tertiary alicyclic amines) is 1. The molecule has 4 rings (SSSR count). The van der Waals surface area contributed by atoms with Crippen LogP contribution >= 0.6 is 0 Å². The molecule has 5 nitrogen and oxygen atoms in total. The molecule has 1 fully saturated rings. The number of fused-ring (bicyclic) bond motifs is 1. The number of amides is 1. The van der Waals surface area contributed by atoms with E-state index in [1.54, 1.807) is 14.2 Å². The fourth-order valence-corrected chi connectivity index (χ4v) is 4.32. The van der Waals surface area contributed by atoms with Crippen LogP contribution in [0, 0.1) is 0 Å². The van der Waals surface area contributed by atoms with E-state index in [0.29, 0.717) is 6.42 Å². The molecule has 1 aliphatic rings. The Balaban J connectivity index is 1.76. The van der Waals surface area contributed by atoms with E-state index in [1.807, 2.05) is 41.4 Å². The number of carbonyl (C=O) groups is 1. The maximum absolute atomic E-state index is 13.2. The summed E-state index contributed by atoms with van der Waals surface area (Å²) in [5, 5.41) is 1.14. The van der Waals surface area contributed by atoms with E-state index in [4.69, 9.17) is 9.47 Å². The summed E-state index contributed by atoms with van der Waals surface area (Å²) < 4.78 is 11.1. The van der Waals surface area contributed by atoms with Crippen LogP contribution in [-0.2, 0) is 4.79 Å². The van der Waals surface area contributed by atoms with Gasteiger partial charge in [0, 0.05) is 54.2 Å². The topological polar surface area (TPSA) is 54.6 Å². The van der Waals surface area contributed by atoms with Crippen LogP contribution in [0.15, 0.2) is 48.7 Å². The number of nitrogens with one attached hydrogen (secondary N) is 1. The molecule has 0 bridgehead atoms. The summed E-state index contributed by atoms with van der Waals surface area (Å²) in [5.41, 5.74) is 3.20. The Morgan fingerprint density at radius 2 is 1.83 bits per heavy atom. The molecule has 0 spiro atoms. The second kappa shape index (κ2) is 8.60. The van der Waals surface area contributed by atoms with Crippen LogP contribution in [-0.4, -0.2) is 43.1 Å². The molecule has 0 saturated carbocycles. The molecule has 1 atom stereocenters. The van der Waals surface area contributed by atoms with E-state index < -0.39 is 0 Å². The fraction of sp³-hybridized carbons (Fsp3) is 0.375. The molecule has 29 heavy (non-hydrogen) atoms. The van der Waals surface area contributed by atoms with E-state index in [-0.39, 0.29) is 11.8 Å². The molecular formula is C24H28N2O3. The van der Waals surface area contributed by atoms with Crippen molar-refractivity contribution in [3.05, 3.63) is 59.8 Å². The number of hydrogen-bond donors (Lipinski definition) is 1. The normalized spacial score (nSPS) is 15.3. The second-order valence-electron chi connectivity index (χ2n) is 7.60. The molecule has 1 unspecified atom stereocenters. The van der Waals surface area contributed by atoms with Gasteiger partial charge in [-0.25, -0.2) is 0 Å². The van der Waals surface area contributed by atoms with Gasteiger partial charge in [0.15, 0.2) is 0 Å². The van der Waals surface area contributed by atoms with E-state index in [2.05, 4.69) is 17.1 Å². The van der Waals surface area contributed by atoms with Crippen LogP contribution in [0.1, 0.15) is 42.7 Å². The molecule has 1 N–H and O–H groups in total. The zero-order valence-corrected chi connectivity index (χ0v) is 17.1. The Labute approximate surface area is 171 Å². The molecule has 1 aromatic heterocycles. The number of benzene rings is 2. The maximum Gasteiger partial charge on any atom is 0.223 e. The summed E-state index contributed by atoms with van der Waals surface area (Å²) in [6, 6.07) is 14.1. The first-order valence-corrected chi connectivity index (χ1v) is 10.3. The average Bonchev–Trinajstić information content (AvgIpc) is 3.21. The molecule has 1 aliphatic heterocycles. The number of H-pyrrole nitrogens is 1. The summed E-state index contributed by atoms with van der Waals surface area (Å²) in [4.78, 5) is 18.6. The number of ether oxygens (including phenoxy) is 2. The number of methoxy groups -OCH3 is 2. The molecule has 1 amide bonds. The van der Waals surface area contributed by atoms with Crippen LogP contribution in [0.5, 0.6) is 11.5 Å². The largest absolute Gasteiger partial charge is 0.497 e. The van der Waals surface area contributed by atoms with Crippen molar-refractivity contribution in [3.63, 3.8) is 0 Å². The lowest BCUT2D eigenvalue weighted by Crippen LogP contribution is -2.36. The van der Waals surface area contributed by atoms with Crippen molar-refractivity contribution in [3.8, 4) is 11.5 Å². The van der Waals surface area contributed by atoms with Gasteiger partial charge in [-0.15, -0.1) is 0 Å². The molecule has 2 aromatic carbocycles. The van der Waals surface area contributed by atoms with Crippen molar-refractivity contribution in [2.75, 3.05) is 27.3 Å². The first kappa shape index (κ1) is 19.4. The molecule has 2 heterocycles. The molecule has 152 valence electrons. The minimum absolute atomic E-state index is 0.0959. The van der Waals surface area contributed by atoms with E-state index in [0.717, 1.165) is 59.5 Å². The van der Waals surface area contributed by atoms with Crippen LogP contribution in [0.2, 0.25) is 0 Å². The molecule has 0 aliphatic carbocycles. The zero-order valence-electron chi connectivity index (χ0n) is 17.1. The lowest BCUT2D eigenvalue weighted by molar-refractivity contribution is -0.132. The zero-order chi connectivity index (χ0) is 20.2. The lowest BCUT2D eigenvalue weighted by Gasteiger charge is -2.29. The van der Waals surface area contributed by atoms with Gasteiger partial charge in [-0.05, 0) is 37.0 Å². The third-order valence-electron chi connectivity index (χ3n) is 5.90. The standard InChI is InChI=1S/C24H28N2O3/c1-28-17-10-11-19(23(14-17)29-2)20(15-24(27)26-12-6-3-7-13-26)21-16-25-22-9-5-4-8-18(21)22/h4-5,8-11,14,16,20,25H,3,6-7,12-13,15H2,1-2H3. The molecule has 1 saturated heterocycles. The van der Waals surface area contributed by atoms with Gasteiger partial charge in [0.2, 0.25) is 5.91 Å². The fourth-order valence-electron chi connectivity index (χ4n) is 4.32. The summed E-state index contributed by atoms with van der Waals surface area (Å²) >= 11 is 0. The number of piperidine rings is 1. The van der Waals surface area contributed by atoms with Crippen LogP contribution < -0.4 is 9.47 Å². The second-order valence-corrected chi connectivity index (χ2v) is 7.60. The number of carbonyl (C=O) groups excluding carboxylic acids is 1. The molecule has 0 radical (unpaired) electrons. The summed E-state index contributed by atoms with van der Waals surface area (Å²) in [7, 11) is 3.31. The highest BCUT2D eigenvalue weighted by Gasteiger charge is 2.27. The Hall–Kier alpha value is -2.95. The molecular weight excluding hydrogens is 364 g/mol. The molecule has 5 heteroatoms. The smallest absolute Gasteiger partial charge is 0.223 e. The van der Waals surface area contributed by atoms with Gasteiger partial charge in [-0.2, -0.15) is 0 Å². The number of nitrogens with zero attached hydrogens (tertiary/aromatic N) is 1. The van der Waals surface area contributed by atoms with Gasteiger partial charge in [-0.1, -0.05) is 24.3 Å². The first-order chi connectivity index (χ1) is 14.2. The Kier molecular flexibility index (Phi) is 5.74. The Morgan fingerprint density at radius 3 is 2.59 bits per heavy atom. The minimum Gasteiger partial charge on any atom is -0.497 e. The number of rotatable bonds is 6. The Morgan fingerprint density at radius 1 is 1.03 bits per heavy atom. The van der Waals surface area contributed by atoms with Gasteiger partial charge in [-0.3, -0.25) is 4.79 Å². The van der Waals surface area contributed by atoms with Gasteiger partial charge < -0.3 is 19.4 Å². The van der Waals surface area contributed by atoms with E-state index in [9.17, 15) is 4.79 Å². The van der Waals surface area contributed by atoms with Gasteiger partial charge in [0.1, 0.15) is 11.5 Å². The summed E-state index contributed by atoms with van der Waals surface area (Å²) in [6.07, 6.45) is 5.85. The number of hydrogen-bond acceptors (Lipinski definition) is 3. The van der Waals surface area contributed by atoms with Crippen molar-refractivity contribution in [2.24, 2.45) is 0 Å². The number of para-hydroxylation sites is 1. The van der Waals surface area contributed by atoms with Crippen molar-refractivity contribution in [2.45, 2.75) is 31.6 Å². The van der Waals surface area contributed by atoms with Gasteiger partial charge in [0.25, 0.3) is 0 Å². The molecule has 3 aromatic rings. The number of aromatic amines is 1. The average molecular weight is 392 g/mol. The lowest BCUT2D eigenvalue weighted by atomic mass is 9.87. The van der Waals surface area contributed by atoms with Crippen molar-refractivity contribution in [1.29, 1.82) is 0 Å². The number of aromatic nitrogens is 1. The highest BCUT2D eigenvalue weighted by molar-refractivity contribution is 5.86. The van der Waals surface area contributed by atoms with E-state index >= 15 is 0 Å². The predicted octanol–water partition coefficient (Wildman–Crippen LogP) is 4.72. The van der Waals surface area contributed by atoms with Crippen LogP contribution in [0.3, 0.4) is 0 Å². The van der Waals surface area contributed by atoms with Crippen LogP contribution in [0.25, 0.3) is 10.9 Å². The summed E-state index contributed by atoms with van der Waals surface area (Å²) in [6.45, 7) is 1.72. The first-order valence-electron chi connectivity index (χ1n) is 10.3. The third kappa shape index (κ3) is 3.95. The van der Waals surface area contributed by atoms with Crippen molar-refractivity contribution >= 4 is 16.8 Å². The Bertz CT molecular complexity index is 989. The maximum atomic E-state index is 13.2. The van der Waals surface area contributed by atoms with E-state index in [1.165, 1.54) is 6.42 Å². The van der Waals surface area contributed by atoms with Gasteiger partial charge in [0.05, 0.1) is 14.2 Å². The van der Waals surface area contributed by atoms with Crippen molar-refractivity contribution in [1.82, 2.24) is 9.88 Å². The highest BCUT2D eigenvalue weighted by Crippen LogP contribution is 2.39. The minimum atomic E-state index is -0.0959. The highest BCUT2D eigenvalue weighted by atomic mass is 16.5. The SMILES string of the molecule is COc1ccc(C(CC(=O)N2CCCCC2)c2c[nH]c3ccccc23)c(OC)c1. The van der Waals surface area contributed by atoms with Crippen molar-refractivity contribution < 1.29 is 14.3 Å². The third-order valence-corrected chi connectivity index (χ3v) is 5.90. The monoisotopic (exact) mass is 392 g/mol.